The van der Waals surface area contributed by atoms with Gasteiger partial charge in [0.15, 0.2) is 0 Å². The van der Waals surface area contributed by atoms with Crippen LogP contribution in [0.4, 0.5) is 0 Å². The summed E-state index contributed by atoms with van der Waals surface area (Å²) >= 11 is 0. The van der Waals surface area contributed by atoms with E-state index in [0.29, 0.717) is 0 Å². The average Bonchev–Trinajstić information content (AvgIpc) is 2.36. The topological polar surface area (TPSA) is 34.1 Å². The third-order valence-electron chi connectivity index (χ3n) is 2.77. The summed E-state index contributed by atoms with van der Waals surface area (Å²) in [4.78, 5) is 4.34. The number of hydrogen-bond acceptors (Lipinski definition) is 3. The van der Waals surface area contributed by atoms with Crippen LogP contribution in [0.2, 0.25) is 0 Å². The third-order valence-corrected chi connectivity index (χ3v) is 2.77. The Morgan fingerprint density at radius 1 is 1.28 bits per heavy atom. The summed E-state index contributed by atoms with van der Waals surface area (Å²) in [7, 11) is 0. The third kappa shape index (κ3) is 3.20. The van der Waals surface area contributed by atoms with E-state index >= 15 is 0 Å². The average molecular weight is 244 g/mol. The molecule has 0 aliphatic heterocycles. The quantitative estimate of drug-likeness (QED) is 0.878. The normalized spacial score (nSPS) is 11.7. The van der Waals surface area contributed by atoms with Crippen molar-refractivity contribution in [1.82, 2.24) is 10.3 Å². The molecule has 0 bridgehead atoms. The number of rotatable bonds is 5. The predicted molar refractivity (Wildman–Crippen MR) is 75.0 cm³/mol. The van der Waals surface area contributed by atoms with E-state index in [1.165, 1.54) is 0 Å². The van der Waals surface area contributed by atoms with Crippen LogP contribution in [0.3, 0.4) is 0 Å². The molecule has 1 aromatic heterocycles. The smallest absolute Gasteiger partial charge is 0.122 e. The van der Waals surface area contributed by atoms with Gasteiger partial charge in [0.1, 0.15) is 11.4 Å². The van der Waals surface area contributed by atoms with Gasteiger partial charge in [-0.1, -0.05) is 13.0 Å². The minimum absolute atomic E-state index is 0.224. The van der Waals surface area contributed by atoms with E-state index in [9.17, 15) is 0 Å². The van der Waals surface area contributed by atoms with Crippen molar-refractivity contribution in [1.29, 1.82) is 0 Å². The van der Waals surface area contributed by atoms with Gasteiger partial charge in [-0.2, -0.15) is 0 Å². The lowest BCUT2D eigenvalue weighted by atomic mass is 10.1. The van der Waals surface area contributed by atoms with Crippen molar-refractivity contribution < 1.29 is 4.74 Å². The molecule has 18 heavy (non-hydrogen) atoms. The Bertz CT molecular complexity index is 523. The number of pyridine rings is 1. The summed E-state index contributed by atoms with van der Waals surface area (Å²) in [5, 5.41) is 4.44. The van der Waals surface area contributed by atoms with Crippen LogP contribution in [0, 0.1) is 0 Å². The van der Waals surface area contributed by atoms with Crippen LogP contribution in [-0.2, 0) is 0 Å². The van der Waals surface area contributed by atoms with Crippen LogP contribution in [0.5, 0.6) is 5.75 Å². The fraction of sp³-hybridized carbons (Fsp3) is 0.400. The first kappa shape index (κ1) is 12.8. The first-order valence-electron chi connectivity index (χ1n) is 6.35. The second kappa shape index (κ2) is 5.36. The molecule has 2 rings (SSSR count). The first-order chi connectivity index (χ1) is 8.61. The van der Waals surface area contributed by atoms with Crippen LogP contribution in [0.25, 0.3) is 10.9 Å². The molecule has 0 aliphatic carbocycles. The fourth-order valence-electron chi connectivity index (χ4n) is 1.89. The molecule has 3 nitrogen and oxygen atoms in total. The monoisotopic (exact) mass is 244 g/mol. The highest BCUT2D eigenvalue weighted by molar-refractivity contribution is 5.79. The molecule has 96 valence electrons. The molecule has 3 heteroatoms. The predicted octanol–water partition coefficient (Wildman–Crippen LogP) is 3.00. The maximum atomic E-state index is 6.01. The highest BCUT2D eigenvalue weighted by atomic mass is 16.5. The zero-order valence-electron chi connectivity index (χ0n) is 11.2. The fourth-order valence-corrected chi connectivity index (χ4v) is 1.89. The van der Waals surface area contributed by atoms with Gasteiger partial charge in [0.25, 0.3) is 0 Å². The SMILES string of the molecule is CCNCC(C)(C)Oc1ccc2cccnc2c1. The van der Waals surface area contributed by atoms with Crippen LogP contribution in [0.15, 0.2) is 36.5 Å². The lowest BCUT2D eigenvalue weighted by Crippen LogP contribution is -2.40. The van der Waals surface area contributed by atoms with Gasteiger partial charge in [-0.15, -0.1) is 0 Å². The van der Waals surface area contributed by atoms with Crippen molar-refractivity contribution in [3.63, 3.8) is 0 Å². The Morgan fingerprint density at radius 2 is 2.11 bits per heavy atom. The standard InChI is InChI=1S/C15H20N2O/c1-4-16-11-15(2,3)18-13-8-7-12-6-5-9-17-14(12)10-13/h5-10,16H,4,11H2,1-3H3. The molecule has 0 saturated heterocycles. The van der Waals surface area contributed by atoms with E-state index in [2.05, 4.69) is 37.1 Å². The number of nitrogens with one attached hydrogen (secondary N) is 1. The molecule has 0 fully saturated rings. The molecule has 1 heterocycles. The Morgan fingerprint density at radius 3 is 2.89 bits per heavy atom. The van der Waals surface area contributed by atoms with Gasteiger partial charge in [-0.3, -0.25) is 4.98 Å². The highest BCUT2D eigenvalue weighted by Crippen LogP contribution is 2.22. The molecule has 1 aromatic carbocycles. The molecular weight excluding hydrogens is 224 g/mol. The number of aromatic nitrogens is 1. The van der Waals surface area contributed by atoms with Crippen LogP contribution in [0.1, 0.15) is 20.8 Å². The van der Waals surface area contributed by atoms with Crippen molar-refractivity contribution in [2.24, 2.45) is 0 Å². The Kier molecular flexibility index (Phi) is 3.82. The minimum Gasteiger partial charge on any atom is -0.486 e. The van der Waals surface area contributed by atoms with E-state index in [4.69, 9.17) is 4.74 Å². The summed E-state index contributed by atoms with van der Waals surface area (Å²) in [5.74, 6) is 0.865. The van der Waals surface area contributed by atoms with Gasteiger partial charge in [-0.05, 0) is 38.6 Å². The summed E-state index contributed by atoms with van der Waals surface area (Å²) in [6.45, 7) is 8.03. The number of nitrogens with zero attached hydrogens (tertiary/aromatic N) is 1. The van der Waals surface area contributed by atoms with Crippen molar-refractivity contribution in [2.45, 2.75) is 26.4 Å². The van der Waals surface area contributed by atoms with E-state index in [-0.39, 0.29) is 5.60 Å². The second-order valence-corrected chi connectivity index (χ2v) is 5.00. The van der Waals surface area contributed by atoms with Gasteiger partial charge in [0.05, 0.1) is 5.52 Å². The number of likely N-dealkylation sites (N-methyl/N-ethyl adjacent to an activating group) is 1. The van der Waals surface area contributed by atoms with Crippen molar-refractivity contribution in [2.75, 3.05) is 13.1 Å². The van der Waals surface area contributed by atoms with E-state index in [1.54, 1.807) is 6.20 Å². The zero-order chi connectivity index (χ0) is 13.0. The summed E-state index contributed by atoms with van der Waals surface area (Å²) in [6, 6.07) is 10.0. The van der Waals surface area contributed by atoms with Crippen LogP contribution in [-0.4, -0.2) is 23.7 Å². The van der Waals surface area contributed by atoms with Crippen LogP contribution >= 0.6 is 0 Å². The minimum atomic E-state index is -0.224. The summed E-state index contributed by atoms with van der Waals surface area (Å²) in [6.07, 6.45) is 1.80. The summed E-state index contributed by atoms with van der Waals surface area (Å²) < 4.78 is 6.01. The van der Waals surface area contributed by atoms with Crippen molar-refractivity contribution in [3.05, 3.63) is 36.5 Å². The first-order valence-corrected chi connectivity index (χ1v) is 6.35. The molecule has 0 unspecified atom stereocenters. The molecular formula is C15H20N2O. The summed E-state index contributed by atoms with van der Waals surface area (Å²) in [5.41, 5.74) is 0.743. The maximum absolute atomic E-state index is 6.01. The van der Waals surface area contributed by atoms with Crippen molar-refractivity contribution in [3.8, 4) is 5.75 Å². The van der Waals surface area contributed by atoms with E-state index in [0.717, 1.165) is 29.7 Å². The molecule has 0 radical (unpaired) electrons. The van der Waals surface area contributed by atoms with Gasteiger partial charge >= 0.3 is 0 Å². The molecule has 0 saturated carbocycles. The lowest BCUT2D eigenvalue weighted by Gasteiger charge is -2.26. The molecule has 0 atom stereocenters. The largest absolute Gasteiger partial charge is 0.486 e. The molecule has 2 aromatic rings. The molecule has 1 N–H and O–H groups in total. The van der Waals surface area contributed by atoms with Gasteiger partial charge in [-0.25, -0.2) is 0 Å². The lowest BCUT2D eigenvalue weighted by molar-refractivity contribution is 0.109. The molecule has 0 amide bonds. The van der Waals surface area contributed by atoms with Gasteiger partial charge in [0, 0.05) is 24.2 Å². The van der Waals surface area contributed by atoms with Crippen LogP contribution < -0.4 is 10.1 Å². The Hall–Kier alpha value is -1.61. The molecule has 0 aliphatic rings. The highest BCUT2D eigenvalue weighted by Gasteiger charge is 2.19. The zero-order valence-corrected chi connectivity index (χ0v) is 11.2. The van der Waals surface area contributed by atoms with E-state index in [1.807, 2.05) is 24.3 Å². The number of hydrogen-bond donors (Lipinski definition) is 1. The number of benzene rings is 1. The molecule has 0 spiro atoms. The second-order valence-electron chi connectivity index (χ2n) is 5.00. The van der Waals surface area contributed by atoms with E-state index < -0.39 is 0 Å². The Balaban J connectivity index is 2.16. The number of ether oxygens (including phenoxy) is 1. The van der Waals surface area contributed by atoms with Gasteiger partial charge in [0.2, 0.25) is 0 Å². The van der Waals surface area contributed by atoms with Crippen molar-refractivity contribution >= 4 is 10.9 Å². The maximum Gasteiger partial charge on any atom is 0.122 e. The Labute approximate surface area is 108 Å². The number of fused-ring (bicyclic) bond motifs is 1. The van der Waals surface area contributed by atoms with Gasteiger partial charge < -0.3 is 10.1 Å².